The quantitative estimate of drug-likeness (QED) is 0.265. The fourth-order valence-electron chi connectivity index (χ4n) is 8.81. The van der Waals surface area contributed by atoms with Gasteiger partial charge in [-0.05, 0) is 79.1 Å². The van der Waals surface area contributed by atoms with Crippen LogP contribution in [-0.4, -0.2) is 125 Å². The van der Waals surface area contributed by atoms with E-state index < -0.39 is 0 Å². The Labute approximate surface area is 254 Å². The molecular weight excluding hydrogens is 488 g/mol. The topological polar surface area (TPSA) is 0 Å². The van der Waals surface area contributed by atoms with Crippen molar-refractivity contribution in [2.45, 2.75) is 131 Å². The Morgan fingerprint density at radius 2 is 0.550 bits per heavy atom. The molecule has 0 amide bonds. The molecule has 0 saturated carbocycles. The van der Waals surface area contributed by atoms with Crippen LogP contribution >= 0.6 is 0 Å². The van der Waals surface area contributed by atoms with Gasteiger partial charge in [-0.3, -0.25) is 0 Å². The first-order valence-electron chi connectivity index (χ1n) is 17.4. The molecule has 0 unspecified atom stereocenters. The van der Waals surface area contributed by atoms with Gasteiger partial charge in [0.05, 0.1) is 107 Å². The van der Waals surface area contributed by atoms with Crippen molar-refractivity contribution < 1.29 is 17.9 Å². The van der Waals surface area contributed by atoms with Crippen LogP contribution in [-0.2, 0) is 0 Å². The van der Waals surface area contributed by atoms with E-state index in [0.29, 0.717) is 0 Å². The summed E-state index contributed by atoms with van der Waals surface area (Å²) in [6, 6.07) is 3.46. The lowest BCUT2D eigenvalue weighted by molar-refractivity contribution is -0.940. The number of hydrogen-bond donors (Lipinski definition) is 0. The second kappa shape index (κ2) is 15.5. The Bertz CT molecular complexity index is 604. The van der Waals surface area contributed by atoms with Crippen molar-refractivity contribution in [2.75, 3.05) is 82.6 Å². The molecule has 4 aliphatic heterocycles. The lowest BCUT2D eigenvalue weighted by Crippen LogP contribution is -2.55. The molecule has 4 saturated heterocycles. The number of likely N-dealkylation sites (tertiary alicyclic amines) is 4. The van der Waals surface area contributed by atoms with E-state index in [-0.39, 0.29) is 0 Å². The van der Waals surface area contributed by atoms with Gasteiger partial charge in [0.25, 0.3) is 0 Å². The average molecular weight is 569 g/mol. The second-order valence-corrected chi connectivity index (χ2v) is 18.0. The zero-order chi connectivity index (χ0) is 31.1. The second-order valence-electron chi connectivity index (χ2n) is 18.0. The van der Waals surface area contributed by atoms with E-state index in [1.54, 1.807) is 0 Å². The van der Waals surface area contributed by atoms with Crippen LogP contribution < -0.4 is 0 Å². The van der Waals surface area contributed by atoms with Gasteiger partial charge in [0.15, 0.2) is 0 Å². The number of quaternary nitrogens is 4. The summed E-state index contributed by atoms with van der Waals surface area (Å²) in [5.41, 5.74) is 0. The SMILES string of the molecule is C[C@@H]1CCC[C@@H](C)[N+]1(C)C.C[C@@H]1CCC[C@H](C)[N+]1(C)C.C[C@@H]1C[C@@H](C)C[N+](C)(C)C1.C[C@@H]1C[C@H](C)C[N+](C)(C)C1. The van der Waals surface area contributed by atoms with Crippen LogP contribution in [0.15, 0.2) is 0 Å². The summed E-state index contributed by atoms with van der Waals surface area (Å²) < 4.78 is 4.89. The molecule has 4 rings (SSSR count). The van der Waals surface area contributed by atoms with E-state index in [1.165, 1.54) is 95.5 Å². The molecule has 0 aromatic carbocycles. The summed E-state index contributed by atoms with van der Waals surface area (Å²) in [4.78, 5) is 0. The first kappa shape index (κ1) is 37.9. The summed E-state index contributed by atoms with van der Waals surface area (Å²) in [6.07, 6.45) is 11.4. The van der Waals surface area contributed by atoms with Gasteiger partial charge >= 0.3 is 0 Å². The fraction of sp³-hybridized carbons (Fsp3) is 1.00. The van der Waals surface area contributed by atoms with Crippen molar-refractivity contribution in [3.05, 3.63) is 0 Å². The van der Waals surface area contributed by atoms with E-state index in [2.05, 4.69) is 112 Å². The molecule has 4 heterocycles. The highest BCUT2D eigenvalue weighted by Crippen LogP contribution is 2.28. The average Bonchev–Trinajstić information content (AvgIpc) is 2.74. The molecule has 4 fully saturated rings. The van der Waals surface area contributed by atoms with Crippen LogP contribution in [0.3, 0.4) is 0 Å². The van der Waals surface area contributed by atoms with Crippen LogP contribution in [0.2, 0.25) is 0 Å². The van der Waals surface area contributed by atoms with Crippen LogP contribution in [0.25, 0.3) is 0 Å². The van der Waals surface area contributed by atoms with E-state index >= 15 is 0 Å². The smallest absolute Gasteiger partial charge is 0.0859 e. The summed E-state index contributed by atoms with van der Waals surface area (Å²) >= 11 is 0. The van der Waals surface area contributed by atoms with Crippen molar-refractivity contribution in [1.29, 1.82) is 0 Å². The van der Waals surface area contributed by atoms with Gasteiger partial charge in [0.1, 0.15) is 0 Å². The lowest BCUT2D eigenvalue weighted by atomic mass is 9.91. The number of hydrogen-bond acceptors (Lipinski definition) is 0. The van der Waals surface area contributed by atoms with E-state index in [0.717, 1.165) is 47.8 Å². The zero-order valence-corrected chi connectivity index (χ0v) is 30.9. The van der Waals surface area contributed by atoms with Crippen molar-refractivity contribution in [2.24, 2.45) is 23.7 Å². The van der Waals surface area contributed by atoms with Gasteiger partial charge in [0, 0.05) is 23.7 Å². The summed E-state index contributed by atoms with van der Waals surface area (Å²) in [6.45, 7) is 24.4. The van der Waals surface area contributed by atoms with Crippen molar-refractivity contribution in [3.8, 4) is 0 Å². The van der Waals surface area contributed by atoms with Crippen molar-refractivity contribution >= 4 is 0 Å². The molecule has 40 heavy (non-hydrogen) atoms. The highest BCUT2D eigenvalue weighted by molar-refractivity contribution is 4.67. The molecule has 4 heteroatoms. The minimum Gasteiger partial charge on any atom is -0.328 e. The monoisotopic (exact) mass is 569 g/mol. The van der Waals surface area contributed by atoms with Gasteiger partial charge in [-0.1, -0.05) is 27.7 Å². The van der Waals surface area contributed by atoms with Crippen LogP contribution in [0.4, 0.5) is 0 Å². The first-order valence-corrected chi connectivity index (χ1v) is 17.4. The van der Waals surface area contributed by atoms with Gasteiger partial charge in [-0.15, -0.1) is 0 Å². The van der Waals surface area contributed by atoms with E-state index in [1.807, 2.05) is 0 Å². The van der Waals surface area contributed by atoms with Gasteiger partial charge < -0.3 is 17.9 Å². The molecule has 0 aromatic heterocycles. The van der Waals surface area contributed by atoms with Crippen LogP contribution in [0, 0.1) is 23.7 Å². The number of rotatable bonds is 0. The summed E-state index contributed by atoms with van der Waals surface area (Å²) in [5, 5.41) is 0. The Balaban J connectivity index is 0.000000267. The third-order valence-electron chi connectivity index (χ3n) is 11.9. The maximum absolute atomic E-state index is 2.37. The lowest BCUT2D eigenvalue weighted by Gasteiger charge is -2.45. The number of nitrogens with zero attached hydrogens (tertiary/aromatic N) is 4. The summed E-state index contributed by atoms with van der Waals surface area (Å²) in [5.74, 6) is 3.72. The van der Waals surface area contributed by atoms with Crippen molar-refractivity contribution in [3.63, 3.8) is 0 Å². The molecule has 0 aliphatic carbocycles. The van der Waals surface area contributed by atoms with Gasteiger partial charge in [0.2, 0.25) is 0 Å². The maximum Gasteiger partial charge on any atom is 0.0859 e. The highest BCUT2D eigenvalue weighted by atomic mass is 15.4. The zero-order valence-electron chi connectivity index (χ0n) is 30.9. The van der Waals surface area contributed by atoms with Crippen LogP contribution in [0.5, 0.6) is 0 Å². The Kier molecular flexibility index (Phi) is 14.7. The molecule has 8 atom stereocenters. The molecule has 0 radical (unpaired) electrons. The van der Waals surface area contributed by atoms with Gasteiger partial charge in [-0.2, -0.15) is 0 Å². The van der Waals surface area contributed by atoms with E-state index in [4.69, 9.17) is 0 Å². The largest absolute Gasteiger partial charge is 0.328 e. The third-order valence-corrected chi connectivity index (χ3v) is 11.9. The molecule has 0 spiro atoms. The number of piperidine rings is 4. The Hall–Kier alpha value is -0.160. The molecule has 0 aromatic rings. The molecule has 240 valence electrons. The molecule has 4 nitrogen and oxygen atoms in total. The molecule has 0 bridgehead atoms. The molecule has 0 N–H and O–H groups in total. The Morgan fingerprint density at radius 3 is 0.700 bits per heavy atom. The highest BCUT2D eigenvalue weighted by Gasteiger charge is 2.34. The minimum atomic E-state index is 0.865. The maximum atomic E-state index is 2.37. The standard InChI is InChI=1S/4C9H20N/c2*1-8-5-9(2)7-10(3,4)6-8;2*1-8-6-5-7-9(2)10(8,3)4/h4*8-9H,5-7H2,1-4H3/q4*+1/t8-,9+;8-,9-;8-,9+;8-,9-/m.1.1/s1. The third kappa shape index (κ3) is 12.6. The van der Waals surface area contributed by atoms with E-state index in [9.17, 15) is 0 Å². The van der Waals surface area contributed by atoms with Crippen LogP contribution in [0.1, 0.15) is 107 Å². The predicted octanol–water partition coefficient (Wildman–Crippen LogP) is 7.52. The molecular formula is C36H80N4+4. The van der Waals surface area contributed by atoms with Crippen molar-refractivity contribution in [1.82, 2.24) is 0 Å². The Morgan fingerprint density at radius 1 is 0.350 bits per heavy atom. The summed E-state index contributed by atoms with van der Waals surface area (Å²) in [7, 11) is 18.8. The normalized spacial score (nSPS) is 39.6. The predicted molar refractivity (Wildman–Crippen MR) is 179 cm³/mol. The first-order chi connectivity index (χ1) is 18.1. The van der Waals surface area contributed by atoms with Gasteiger partial charge in [-0.25, -0.2) is 0 Å². The minimum absolute atomic E-state index is 0.865. The molecule has 4 aliphatic rings. The fourth-order valence-corrected chi connectivity index (χ4v) is 8.81.